The molecule has 5 rings (SSSR count). The SMILES string of the molecule is CCCc1nc(-n2ccc(C(=O)C(F)(F)F)c2)c(OC(=O)O)n1Cc1ccc(-c2ccccc2-c2nn[nH]n2)cc1. The summed E-state index contributed by atoms with van der Waals surface area (Å²) in [5.74, 6) is -1.36. The molecule has 0 spiro atoms. The molecule has 0 saturated heterocycles. The maximum absolute atomic E-state index is 12.9. The fraction of sp³-hybridized carbons (Fsp3) is 0.185. The van der Waals surface area contributed by atoms with Gasteiger partial charge in [-0.1, -0.05) is 55.5 Å². The van der Waals surface area contributed by atoms with Gasteiger partial charge in [0.25, 0.3) is 11.7 Å². The van der Waals surface area contributed by atoms with E-state index in [1.807, 2.05) is 55.5 Å². The number of hydrogen-bond donors (Lipinski definition) is 2. The van der Waals surface area contributed by atoms with Crippen LogP contribution in [0, 0.1) is 0 Å². The molecule has 0 aliphatic carbocycles. The van der Waals surface area contributed by atoms with E-state index in [1.165, 1.54) is 6.20 Å². The van der Waals surface area contributed by atoms with Crippen LogP contribution >= 0.6 is 0 Å². The Morgan fingerprint density at radius 1 is 1.05 bits per heavy atom. The van der Waals surface area contributed by atoms with Gasteiger partial charge in [0.1, 0.15) is 5.82 Å². The summed E-state index contributed by atoms with van der Waals surface area (Å²) >= 11 is 0. The first-order valence-electron chi connectivity index (χ1n) is 12.4. The van der Waals surface area contributed by atoms with Gasteiger partial charge >= 0.3 is 12.3 Å². The first-order chi connectivity index (χ1) is 19.7. The minimum absolute atomic E-state index is 0.0530. The summed E-state index contributed by atoms with van der Waals surface area (Å²) in [5, 5.41) is 23.6. The van der Waals surface area contributed by atoms with Crippen LogP contribution in [0.3, 0.4) is 0 Å². The van der Waals surface area contributed by atoms with Crippen LogP contribution in [0.2, 0.25) is 0 Å². The molecule has 3 heterocycles. The highest BCUT2D eigenvalue weighted by atomic mass is 19.4. The van der Waals surface area contributed by atoms with Crippen molar-refractivity contribution in [1.82, 2.24) is 34.7 Å². The number of carbonyl (C=O) groups excluding carboxylic acids is 1. The number of Topliss-reactive ketones (excluding diaryl/α,β-unsaturated/α-hetero) is 1. The molecule has 0 aliphatic heterocycles. The van der Waals surface area contributed by atoms with Gasteiger partial charge < -0.3 is 14.4 Å². The van der Waals surface area contributed by atoms with Gasteiger partial charge in [0, 0.05) is 29.9 Å². The minimum atomic E-state index is -5.06. The molecule has 5 aromatic rings. The third-order valence-corrected chi connectivity index (χ3v) is 6.22. The monoisotopic (exact) mass is 565 g/mol. The van der Waals surface area contributed by atoms with Crippen molar-refractivity contribution in [2.75, 3.05) is 0 Å². The molecule has 11 nitrogen and oxygen atoms in total. The second-order valence-electron chi connectivity index (χ2n) is 8.97. The molecule has 41 heavy (non-hydrogen) atoms. The number of carbonyl (C=O) groups is 2. The smallest absolute Gasteiger partial charge is 0.449 e. The van der Waals surface area contributed by atoms with E-state index in [4.69, 9.17) is 4.74 Å². The lowest BCUT2D eigenvalue weighted by Gasteiger charge is -2.12. The van der Waals surface area contributed by atoms with Crippen molar-refractivity contribution < 1.29 is 32.6 Å². The summed E-state index contributed by atoms with van der Waals surface area (Å²) in [6.45, 7) is 2.06. The van der Waals surface area contributed by atoms with E-state index in [0.29, 0.717) is 24.5 Å². The van der Waals surface area contributed by atoms with Crippen molar-refractivity contribution >= 4 is 11.9 Å². The Kier molecular flexibility index (Phi) is 7.38. The number of benzene rings is 2. The normalized spacial score (nSPS) is 11.5. The van der Waals surface area contributed by atoms with Crippen molar-refractivity contribution in [3.63, 3.8) is 0 Å². The number of nitrogens with one attached hydrogen (secondary N) is 1. The molecule has 3 aromatic heterocycles. The van der Waals surface area contributed by atoms with E-state index in [9.17, 15) is 27.9 Å². The molecule has 0 radical (unpaired) electrons. The average molecular weight is 566 g/mol. The van der Waals surface area contributed by atoms with Gasteiger partial charge in [0.15, 0.2) is 0 Å². The number of nitrogens with zero attached hydrogens (tertiary/aromatic N) is 6. The van der Waals surface area contributed by atoms with Crippen LogP contribution in [-0.4, -0.2) is 58.0 Å². The average Bonchev–Trinajstić information content (AvgIpc) is 3.71. The molecule has 0 bridgehead atoms. The molecular formula is C27H22F3N7O4. The number of aryl methyl sites for hydroxylation is 1. The van der Waals surface area contributed by atoms with Crippen LogP contribution in [0.25, 0.3) is 28.3 Å². The number of H-pyrrole nitrogens is 1. The molecule has 0 amide bonds. The Labute approximate surface area is 230 Å². The fourth-order valence-corrected chi connectivity index (χ4v) is 4.40. The highest BCUT2D eigenvalue weighted by Crippen LogP contribution is 2.32. The number of ketones is 1. The Morgan fingerprint density at radius 2 is 1.78 bits per heavy atom. The standard InChI is InChI=1S/C27H22F3N7O4/c1-2-5-21-31-24(36-13-12-18(15-36)22(38)27(28,29)30)25(41-26(39)40)37(21)14-16-8-10-17(11-9-16)19-6-3-4-7-20(19)23-32-34-35-33-23/h3-4,6-13,15H,2,5,14H2,1H3,(H,39,40)(H,32,33,34,35). The van der Waals surface area contributed by atoms with E-state index in [1.54, 1.807) is 4.57 Å². The Hall–Kier alpha value is -5.27. The minimum Gasteiger partial charge on any atom is -0.449 e. The van der Waals surface area contributed by atoms with Gasteiger partial charge in [-0.05, 0) is 34.4 Å². The zero-order valence-electron chi connectivity index (χ0n) is 21.5. The van der Waals surface area contributed by atoms with Crippen molar-refractivity contribution in [3.8, 4) is 34.2 Å². The van der Waals surface area contributed by atoms with Crippen LogP contribution in [0.1, 0.15) is 35.1 Å². The molecule has 0 unspecified atom stereocenters. The lowest BCUT2D eigenvalue weighted by Crippen LogP contribution is -2.22. The van der Waals surface area contributed by atoms with E-state index in [2.05, 4.69) is 25.6 Å². The van der Waals surface area contributed by atoms with E-state index in [-0.39, 0.29) is 18.2 Å². The van der Waals surface area contributed by atoms with Gasteiger partial charge in [-0.2, -0.15) is 18.4 Å². The molecule has 2 aromatic carbocycles. The number of rotatable bonds is 9. The third-order valence-electron chi connectivity index (χ3n) is 6.22. The number of ether oxygens (including phenoxy) is 1. The molecule has 0 aliphatic rings. The topological polar surface area (TPSA) is 141 Å². The first-order valence-corrected chi connectivity index (χ1v) is 12.4. The van der Waals surface area contributed by atoms with Crippen molar-refractivity contribution in [2.45, 2.75) is 32.5 Å². The Morgan fingerprint density at radius 3 is 2.41 bits per heavy atom. The van der Waals surface area contributed by atoms with Gasteiger partial charge in [-0.15, -0.1) is 10.2 Å². The third kappa shape index (κ3) is 5.71. The van der Waals surface area contributed by atoms with Crippen LogP contribution in [0.4, 0.5) is 18.0 Å². The fourth-order valence-electron chi connectivity index (χ4n) is 4.40. The number of imidazole rings is 1. The number of halogens is 3. The molecule has 0 saturated carbocycles. The molecule has 2 N–H and O–H groups in total. The number of carboxylic acid groups (broad SMARTS) is 1. The van der Waals surface area contributed by atoms with Gasteiger partial charge in [-0.25, -0.2) is 9.78 Å². The van der Waals surface area contributed by atoms with Crippen LogP contribution in [0.15, 0.2) is 67.0 Å². The lowest BCUT2D eigenvalue weighted by molar-refractivity contribution is -0.0885. The number of alkyl halides is 3. The molecule has 0 fully saturated rings. The molecule has 14 heteroatoms. The van der Waals surface area contributed by atoms with Crippen molar-refractivity contribution in [2.24, 2.45) is 0 Å². The first kappa shape index (κ1) is 27.3. The number of hydrogen-bond acceptors (Lipinski definition) is 7. The second kappa shape index (κ2) is 11.1. The molecule has 0 atom stereocenters. The van der Waals surface area contributed by atoms with E-state index < -0.39 is 23.7 Å². The summed E-state index contributed by atoms with van der Waals surface area (Å²) < 4.78 is 46.6. The predicted octanol–water partition coefficient (Wildman–Crippen LogP) is 5.32. The highest BCUT2D eigenvalue weighted by Gasteiger charge is 2.40. The zero-order chi connectivity index (χ0) is 29.1. The van der Waals surface area contributed by atoms with Crippen molar-refractivity contribution in [3.05, 3.63) is 83.9 Å². The van der Waals surface area contributed by atoms with Gasteiger partial charge in [0.05, 0.1) is 6.54 Å². The number of tetrazole rings is 1. The van der Waals surface area contributed by atoms with Crippen LogP contribution in [-0.2, 0) is 13.0 Å². The number of aromatic amines is 1. The van der Waals surface area contributed by atoms with Gasteiger partial charge in [-0.3, -0.25) is 9.36 Å². The van der Waals surface area contributed by atoms with Gasteiger partial charge in [0.2, 0.25) is 11.6 Å². The van der Waals surface area contributed by atoms with Crippen LogP contribution in [0.5, 0.6) is 5.88 Å². The quantitative estimate of drug-likeness (QED) is 0.181. The summed E-state index contributed by atoms with van der Waals surface area (Å²) in [7, 11) is 0. The van der Waals surface area contributed by atoms with E-state index in [0.717, 1.165) is 39.1 Å². The van der Waals surface area contributed by atoms with Crippen molar-refractivity contribution in [1.29, 1.82) is 0 Å². The largest absolute Gasteiger partial charge is 0.512 e. The zero-order valence-corrected chi connectivity index (χ0v) is 21.5. The summed E-state index contributed by atoms with van der Waals surface area (Å²) in [4.78, 5) is 27.8. The van der Waals surface area contributed by atoms with Crippen LogP contribution < -0.4 is 4.74 Å². The molecule has 210 valence electrons. The predicted molar refractivity (Wildman–Crippen MR) is 139 cm³/mol. The Balaban J connectivity index is 1.51. The summed E-state index contributed by atoms with van der Waals surface area (Å²) in [6, 6.07) is 16.1. The summed E-state index contributed by atoms with van der Waals surface area (Å²) in [6.07, 6.45) is -3.45. The number of aromatic nitrogens is 7. The summed E-state index contributed by atoms with van der Waals surface area (Å²) in [5.41, 5.74) is 2.71. The highest BCUT2D eigenvalue weighted by molar-refractivity contribution is 6.00. The Bertz CT molecular complexity index is 1690. The van der Waals surface area contributed by atoms with E-state index >= 15 is 0 Å². The lowest BCUT2D eigenvalue weighted by atomic mass is 9.98. The second-order valence-corrected chi connectivity index (χ2v) is 8.97. The maximum atomic E-state index is 12.9. The molecular weight excluding hydrogens is 543 g/mol. The maximum Gasteiger partial charge on any atom is 0.512 e.